The number of fused-ring (bicyclic) bond motifs is 1. The molecule has 2 aromatic rings. The van der Waals surface area contributed by atoms with Crippen molar-refractivity contribution in [1.82, 2.24) is 10.4 Å². The van der Waals surface area contributed by atoms with Crippen LogP contribution in [0, 0.1) is 3.57 Å². The van der Waals surface area contributed by atoms with Crippen LogP contribution in [0.3, 0.4) is 0 Å². The van der Waals surface area contributed by atoms with Crippen LogP contribution in [-0.4, -0.2) is 27.8 Å². The van der Waals surface area contributed by atoms with Crippen molar-refractivity contribution in [2.45, 2.75) is 0 Å². The van der Waals surface area contributed by atoms with Crippen LogP contribution in [-0.2, 0) is 0 Å². The van der Waals surface area contributed by atoms with Gasteiger partial charge in [0.2, 0.25) is 0 Å². The number of phenols is 1. The first-order valence-corrected chi connectivity index (χ1v) is 7.35. The van der Waals surface area contributed by atoms with E-state index in [1.165, 1.54) is 18.2 Å². The topological polar surface area (TPSA) is 86.7 Å². The van der Waals surface area contributed by atoms with E-state index in [0.29, 0.717) is 8.58 Å². The van der Waals surface area contributed by atoms with Gasteiger partial charge in [0.15, 0.2) is 0 Å². The maximum Gasteiger partial charge on any atom is 0.281 e. The Kier molecular flexibility index (Phi) is 3.57. The number of halogens is 1. The smallest absolute Gasteiger partial charge is 0.281 e. The van der Waals surface area contributed by atoms with E-state index >= 15 is 0 Å². The first-order chi connectivity index (χ1) is 10.5. The van der Waals surface area contributed by atoms with Crippen LogP contribution >= 0.6 is 22.6 Å². The van der Waals surface area contributed by atoms with Gasteiger partial charge in [-0.25, -0.2) is 0 Å². The van der Waals surface area contributed by atoms with Crippen LogP contribution < -0.4 is 5.43 Å². The fourth-order valence-corrected chi connectivity index (χ4v) is 2.90. The molecule has 1 heterocycles. The van der Waals surface area contributed by atoms with Crippen molar-refractivity contribution in [2.24, 2.45) is 0 Å². The Balaban J connectivity index is 1.91. The van der Waals surface area contributed by atoms with Crippen LogP contribution in [0.2, 0.25) is 0 Å². The lowest BCUT2D eigenvalue weighted by Crippen LogP contribution is -2.45. The summed E-state index contributed by atoms with van der Waals surface area (Å²) in [6, 6.07) is 10.8. The molecule has 0 unspecified atom stereocenters. The number of hydrazine groups is 1. The standard InChI is InChI=1S/C15H9IN2O4/c16-10-6-3-5-9-12(10)15(22)18(14(9)21)17-13(20)8-4-1-2-7-11(8)19/h1-7,19H,(H,17,20). The summed E-state index contributed by atoms with van der Waals surface area (Å²) in [4.78, 5) is 36.7. The zero-order valence-corrected chi connectivity index (χ0v) is 13.2. The normalized spacial score (nSPS) is 13.2. The molecule has 22 heavy (non-hydrogen) atoms. The zero-order chi connectivity index (χ0) is 15.9. The van der Waals surface area contributed by atoms with Crippen LogP contribution in [0.25, 0.3) is 0 Å². The summed E-state index contributed by atoms with van der Waals surface area (Å²) >= 11 is 1.96. The number of benzene rings is 2. The van der Waals surface area contributed by atoms with E-state index < -0.39 is 17.7 Å². The molecule has 0 saturated heterocycles. The molecule has 0 aromatic heterocycles. The highest BCUT2D eigenvalue weighted by Crippen LogP contribution is 2.26. The predicted molar refractivity (Wildman–Crippen MR) is 85.2 cm³/mol. The first kappa shape index (κ1) is 14.5. The third-order valence-corrected chi connectivity index (χ3v) is 4.13. The van der Waals surface area contributed by atoms with Gasteiger partial charge in [-0.05, 0) is 46.9 Å². The average molecular weight is 408 g/mol. The molecular weight excluding hydrogens is 399 g/mol. The summed E-state index contributed by atoms with van der Waals surface area (Å²) in [5.41, 5.74) is 2.74. The van der Waals surface area contributed by atoms with E-state index in [0.717, 1.165) is 0 Å². The fraction of sp³-hybridized carbons (Fsp3) is 0. The number of aromatic hydroxyl groups is 1. The Morgan fingerprint density at radius 1 is 1.05 bits per heavy atom. The number of hydrogen-bond acceptors (Lipinski definition) is 4. The quantitative estimate of drug-likeness (QED) is 0.588. The van der Waals surface area contributed by atoms with Gasteiger partial charge in [0.1, 0.15) is 5.75 Å². The largest absolute Gasteiger partial charge is 0.507 e. The molecule has 0 radical (unpaired) electrons. The minimum Gasteiger partial charge on any atom is -0.507 e. The number of carbonyl (C=O) groups excluding carboxylic acids is 3. The number of para-hydroxylation sites is 1. The van der Waals surface area contributed by atoms with Gasteiger partial charge in [0, 0.05) is 3.57 Å². The molecule has 3 amide bonds. The van der Waals surface area contributed by atoms with E-state index in [1.54, 1.807) is 24.3 Å². The molecule has 6 nitrogen and oxygen atoms in total. The van der Waals surface area contributed by atoms with E-state index in [9.17, 15) is 19.5 Å². The number of amides is 3. The number of rotatable bonds is 2. The van der Waals surface area contributed by atoms with Crippen LogP contribution in [0.4, 0.5) is 0 Å². The molecule has 7 heteroatoms. The third kappa shape index (κ3) is 2.23. The van der Waals surface area contributed by atoms with Gasteiger partial charge >= 0.3 is 0 Å². The van der Waals surface area contributed by atoms with Crippen molar-refractivity contribution in [2.75, 3.05) is 0 Å². The van der Waals surface area contributed by atoms with Crippen LogP contribution in [0.15, 0.2) is 42.5 Å². The summed E-state index contributed by atoms with van der Waals surface area (Å²) in [6.07, 6.45) is 0. The lowest BCUT2D eigenvalue weighted by Gasteiger charge is -2.15. The average Bonchev–Trinajstić information content (AvgIpc) is 2.74. The van der Waals surface area contributed by atoms with Gasteiger partial charge in [-0.3, -0.25) is 19.8 Å². The van der Waals surface area contributed by atoms with Crippen molar-refractivity contribution in [3.63, 3.8) is 0 Å². The molecule has 0 fully saturated rings. The van der Waals surface area contributed by atoms with E-state index in [2.05, 4.69) is 5.43 Å². The monoisotopic (exact) mass is 408 g/mol. The van der Waals surface area contributed by atoms with Crippen molar-refractivity contribution >= 4 is 40.3 Å². The van der Waals surface area contributed by atoms with Crippen molar-refractivity contribution in [3.8, 4) is 5.75 Å². The number of carbonyl (C=O) groups is 3. The highest BCUT2D eigenvalue weighted by Gasteiger charge is 2.38. The maximum absolute atomic E-state index is 12.3. The molecule has 0 saturated carbocycles. The Morgan fingerprint density at radius 3 is 2.45 bits per heavy atom. The number of phenolic OH excluding ortho intramolecular Hbond substituents is 1. The predicted octanol–water partition coefficient (Wildman–Crippen LogP) is 1.94. The Hall–Kier alpha value is -2.42. The van der Waals surface area contributed by atoms with E-state index in [1.807, 2.05) is 22.6 Å². The first-order valence-electron chi connectivity index (χ1n) is 6.27. The maximum atomic E-state index is 12.3. The molecule has 3 rings (SSSR count). The van der Waals surface area contributed by atoms with Crippen molar-refractivity contribution in [3.05, 3.63) is 62.7 Å². The van der Waals surface area contributed by atoms with Gasteiger partial charge in [-0.2, -0.15) is 5.01 Å². The number of nitrogens with one attached hydrogen (secondary N) is 1. The third-order valence-electron chi connectivity index (χ3n) is 3.23. The summed E-state index contributed by atoms with van der Waals surface area (Å²) in [7, 11) is 0. The summed E-state index contributed by atoms with van der Waals surface area (Å²) < 4.78 is 0.632. The van der Waals surface area contributed by atoms with Crippen LogP contribution in [0.1, 0.15) is 31.1 Å². The molecule has 0 atom stereocenters. The molecule has 2 aromatic carbocycles. The van der Waals surface area contributed by atoms with E-state index in [-0.39, 0.29) is 22.4 Å². The Labute approximate surface area is 138 Å². The molecular formula is C15H9IN2O4. The Bertz CT molecular complexity index is 819. The van der Waals surface area contributed by atoms with Gasteiger partial charge in [0.25, 0.3) is 17.7 Å². The van der Waals surface area contributed by atoms with Gasteiger partial charge < -0.3 is 5.11 Å². The van der Waals surface area contributed by atoms with Gasteiger partial charge in [-0.1, -0.05) is 18.2 Å². The molecule has 0 aliphatic carbocycles. The Morgan fingerprint density at radius 2 is 1.77 bits per heavy atom. The second-order valence-electron chi connectivity index (χ2n) is 4.57. The second-order valence-corrected chi connectivity index (χ2v) is 5.73. The minimum atomic E-state index is -0.734. The lowest BCUT2D eigenvalue weighted by molar-refractivity contribution is 0.0516. The second kappa shape index (κ2) is 5.41. The molecule has 2 N–H and O–H groups in total. The molecule has 110 valence electrons. The van der Waals surface area contributed by atoms with Crippen molar-refractivity contribution < 1.29 is 19.5 Å². The van der Waals surface area contributed by atoms with Crippen LogP contribution in [0.5, 0.6) is 5.75 Å². The lowest BCUT2D eigenvalue weighted by atomic mass is 10.1. The van der Waals surface area contributed by atoms with Crippen molar-refractivity contribution in [1.29, 1.82) is 0 Å². The molecule has 1 aliphatic heterocycles. The van der Waals surface area contributed by atoms with Gasteiger partial charge in [0.05, 0.1) is 16.7 Å². The zero-order valence-electron chi connectivity index (χ0n) is 11.0. The summed E-state index contributed by atoms with van der Waals surface area (Å²) in [5, 5.41) is 10.3. The highest BCUT2D eigenvalue weighted by atomic mass is 127. The highest BCUT2D eigenvalue weighted by molar-refractivity contribution is 14.1. The minimum absolute atomic E-state index is 0.0197. The summed E-state index contributed by atoms with van der Waals surface area (Å²) in [5.74, 6) is -2.15. The SMILES string of the molecule is O=C(NN1C(=O)c2cccc(I)c2C1=O)c1ccccc1O. The fourth-order valence-electron chi connectivity index (χ4n) is 2.17. The molecule has 1 aliphatic rings. The van der Waals surface area contributed by atoms with Gasteiger partial charge in [-0.15, -0.1) is 0 Å². The summed E-state index contributed by atoms with van der Waals surface area (Å²) in [6.45, 7) is 0. The number of imide groups is 1. The number of nitrogens with zero attached hydrogens (tertiary/aromatic N) is 1. The molecule has 0 spiro atoms. The van der Waals surface area contributed by atoms with E-state index in [4.69, 9.17) is 0 Å². The number of hydrogen-bond donors (Lipinski definition) is 2. The molecule has 0 bridgehead atoms.